The number of carbonyl (C=O) groups excluding carboxylic acids is 2. The fourth-order valence-corrected chi connectivity index (χ4v) is 3.46. The van der Waals surface area contributed by atoms with Gasteiger partial charge in [0.1, 0.15) is 0 Å². The van der Waals surface area contributed by atoms with Crippen LogP contribution in [0, 0.1) is 10.1 Å². The molecule has 35 heavy (non-hydrogen) atoms. The third-order valence-corrected chi connectivity index (χ3v) is 5.31. The van der Waals surface area contributed by atoms with Crippen LogP contribution in [0.25, 0.3) is 6.08 Å². The number of cyclic esters (lactones) is 1. The van der Waals surface area contributed by atoms with E-state index in [-0.39, 0.29) is 39.4 Å². The van der Waals surface area contributed by atoms with E-state index in [0.717, 1.165) is 0 Å². The number of esters is 2. The van der Waals surface area contributed by atoms with Crippen LogP contribution in [-0.2, 0) is 9.53 Å². The fourth-order valence-electron chi connectivity index (χ4n) is 3.08. The van der Waals surface area contributed by atoms with E-state index in [0.29, 0.717) is 16.1 Å². The minimum Gasteiger partial charge on any atom is -0.493 e. The Hall–Kier alpha value is -4.21. The topological polar surface area (TPSA) is 117 Å². The average molecular weight is 513 g/mol. The molecule has 176 valence electrons. The van der Waals surface area contributed by atoms with Crippen molar-refractivity contribution in [1.29, 1.82) is 0 Å². The third kappa shape index (κ3) is 5.32. The molecule has 0 atom stereocenters. The van der Waals surface area contributed by atoms with Crippen LogP contribution in [0.5, 0.6) is 11.5 Å². The molecule has 0 unspecified atom stereocenters. The number of benzene rings is 3. The lowest BCUT2D eigenvalue weighted by molar-refractivity contribution is -0.384. The van der Waals surface area contributed by atoms with Crippen molar-refractivity contribution < 1.29 is 28.7 Å². The predicted octanol–water partition coefficient (Wildman–Crippen LogP) is 5.47. The number of hydrogen-bond donors (Lipinski definition) is 0. The van der Waals surface area contributed by atoms with Gasteiger partial charge in [0, 0.05) is 22.7 Å². The van der Waals surface area contributed by atoms with E-state index < -0.39 is 16.9 Å². The summed E-state index contributed by atoms with van der Waals surface area (Å²) in [7, 11) is 1.37. The summed E-state index contributed by atoms with van der Waals surface area (Å²) >= 11 is 12.2. The summed E-state index contributed by atoms with van der Waals surface area (Å²) < 4.78 is 15.9. The van der Waals surface area contributed by atoms with Gasteiger partial charge in [0.05, 0.1) is 22.6 Å². The van der Waals surface area contributed by atoms with Crippen molar-refractivity contribution in [3.63, 3.8) is 0 Å². The maximum atomic E-state index is 12.5. The van der Waals surface area contributed by atoms with E-state index in [9.17, 15) is 19.7 Å². The van der Waals surface area contributed by atoms with Crippen molar-refractivity contribution in [1.82, 2.24) is 0 Å². The summed E-state index contributed by atoms with van der Waals surface area (Å²) in [4.78, 5) is 39.2. The second-order valence-corrected chi connectivity index (χ2v) is 7.91. The molecular formula is C24H14Cl2N2O7. The third-order valence-electron chi connectivity index (χ3n) is 4.78. The molecule has 0 bridgehead atoms. The van der Waals surface area contributed by atoms with Crippen LogP contribution >= 0.6 is 23.2 Å². The SMILES string of the molecule is COc1cc(/C=C2\N=C(c3ccc([N+](=O)[O-])cc3)OC2=O)cc(Cl)c1OC(=O)c1ccc(Cl)cc1. The monoisotopic (exact) mass is 512 g/mol. The first-order chi connectivity index (χ1) is 16.7. The van der Waals surface area contributed by atoms with Crippen LogP contribution in [0.2, 0.25) is 10.0 Å². The summed E-state index contributed by atoms with van der Waals surface area (Å²) in [6, 6.07) is 14.5. The molecule has 4 rings (SSSR count). The van der Waals surface area contributed by atoms with Gasteiger partial charge in [-0.05, 0) is 60.2 Å². The Kier molecular flexibility index (Phi) is 6.81. The Morgan fingerprint density at radius 3 is 2.40 bits per heavy atom. The number of nitrogens with zero attached hydrogens (tertiary/aromatic N) is 2. The first kappa shape index (κ1) is 23.9. The number of hydrogen-bond acceptors (Lipinski definition) is 8. The lowest BCUT2D eigenvalue weighted by atomic mass is 10.1. The van der Waals surface area contributed by atoms with Gasteiger partial charge in [-0.25, -0.2) is 14.6 Å². The highest BCUT2D eigenvalue weighted by molar-refractivity contribution is 6.32. The molecule has 0 spiro atoms. The Morgan fingerprint density at radius 1 is 1.09 bits per heavy atom. The van der Waals surface area contributed by atoms with Gasteiger partial charge in [-0.3, -0.25) is 10.1 Å². The van der Waals surface area contributed by atoms with Gasteiger partial charge in [0.2, 0.25) is 5.90 Å². The number of non-ortho nitro benzene ring substituents is 1. The van der Waals surface area contributed by atoms with Crippen LogP contribution in [0.3, 0.4) is 0 Å². The predicted molar refractivity (Wildman–Crippen MR) is 128 cm³/mol. The summed E-state index contributed by atoms with van der Waals surface area (Å²) in [5.74, 6) is -1.22. The quantitative estimate of drug-likeness (QED) is 0.141. The first-order valence-corrected chi connectivity index (χ1v) is 10.6. The minimum absolute atomic E-state index is 0.000310. The molecule has 0 saturated carbocycles. The van der Waals surface area contributed by atoms with Gasteiger partial charge in [0.25, 0.3) is 5.69 Å². The van der Waals surface area contributed by atoms with Crippen LogP contribution in [0.15, 0.2) is 71.4 Å². The van der Waals surface area contributed by atoms with Gasteiger partial charge in [-0.1, -0.05) is 23.2 Å². The number of ether oxygens (including phenoxy) is 3. The second kappa shape index (κ2) is 9.96. The van der Waals surface area contributed by atoms with Gasteiger partial charge < -0.3 is 14.2 Å². The van der Waals surface area contributed by atoms with Crippen molar-refractivity contribution in [2.24, 2.45) is 4.99 Å². The molecule has 3 aromatic carbocycles. The molecule has 1 heterocycles. The van der Waals surface area contributed by atoms with E-state index in [1.165, 1.54) is 61.7 Å². The standard InChI is InChI=1S/C24H14Cl2N2O7/c1-33-20-12-13(10-18(26)21(20)34-23(29)15-2-6-16(25)7-3-15)11-19-24(30)35-22(27-19)14-4-8-17(9-5-14)28(31)32/h2-12H,1H3/b19-11-. The number of nitro benzene ring substituents is 1. The van der Waals surface area contributed by atoms with Crippen molar-refractivity contribution >= 4 is 52.8 Å². The van der Waals surface area contributed by atoms with E-state index in [1.807, 2.05) is 0 Å². The first-order valence-electron chi connectivity index (χ1n) is 9.88. The number of halogens is 2. The number of nitro groups is 1. The highest BCUT2D eigenvalue weighted by Crippen LogP contribution is 2.38. The van der Waals surface area contributed by atoms with Gasteiger partial charge in [-0.2, -0.15) is 0 Å². The second-order valence-electron chi connectivity index (χ2n) is 7.07. The summed E-state index contributed by atoms with van der Waals surface area (Å²) in [5.41, 5.74) is 0.960. The van der Waals surface area contributed by atoms with Crippen LogP contribution in [0.1, 0.15) is 21.5 Å². The zero-order valence-corrected chi connectivity index (χ0v) is 19.4. The van der Waals surface area contributed by atoms with Crippen LogP contribution in [0.4, 0.5) is 5.69 Å². The number of methoxy groups -OCH3 is 1. The molecule has 0 fully saturated rings. The van der Waals surface area contributed by atoms with E-state index in [4.69, 9.17) is 37.4 Å². The molecule has 0 saturated heterocycles. The molecule has 9 nitrogen and oxygen atoms in total. The highest BCUT2D eigenvalue weighted by Gasteiger charge is 2.25. The maximum absolute atomic E-state index is 12.5. The lowest BCUT2D eigenvalue weighted by Crippen LogP contribution is -2.09. The molecule has 0 aliphatic carbocycles. The van der Waals surface area contributed by atoms with E-state index >= 15 is 0 Å². The zero-order chi connectivity index (χ0) is 25.1. The van der Waals surface area contributed by atoms with E-state index in [2.05, 4.69) is 4.99 Å². The molecule has 0 N–H and O–H groups in total. The largest absolute Gasteiger partial charge is 0.493 e. The fraction of sp³-hybridized carbons (Fsp3) is 0.0417. The highest BCUT2D eigenvalue weighted by atomic mass is 35.5. The zero-order valence-electron chi connectivity index (χ0n) is 17.9. The summed E-state index contributed by atoms with van der Waals surface area (Å²) in [6.45, 7) is 0. The van der Waals surface area contributed by atoms with E-state index in [1.54, 1.807) is 12.1 Å². The maximum Gasteiger partial charge on any atom is 0.363 e. The molecule has 0 amide bonds. The Morgan fingerprint density at radius 2 is 1.77 bits per heavy atom. The minimum atomic E-state index is -0.716. The molecule has 1 aliphatic heterocycles. The molecule has 1 aliphatic rings. The Bertz CT molecular complexity index is 1400. The van der Waals surface area contributed by atoms with Crippen LogP contribution in [-0.4, -0.2) is 29.9 Å². The van der Waals surface area contributed by atoms with Gasteiger partial charge in [-0.15, -0.1) is 0 Å². The molecule has 0 aromatic heterocycles. The lowest BCUT2D eigenvalue weighted by Gasteiger charge is -2.12. The molecular weight excluding hydrogens is 499 g/mol. The van der Waals surface area contributed by atoms with Gasteiger partial charge in [0.15, 0.2) is 17.2 Å². The number of carbonyl (C=O) groups is 2. The average Bonchev–Trinajstić information content (AvgIpc) is 3.20. The Labute approximate surface area is 208 Å². The van der Waals surface area contributed by atoms with Crippen LogP contribution < -0.4 is 9.47 Å². The van der Waals surface area contributed by atoms with Gasteiger partial charge >= 0.3 is 11.9 Å². The number of rotatable bonds is 6. The molecule has 3 aromatic rings. The van der Waals surface area contributed by atoms with Crippen molar-refractivity contribution in [3.8, 4) is 11.5 Å². The van der Waals surface area contributed by atoms with Crippen molar-refractivity contribution in [3.05, 3.63) is 103 Å². The summed E-state index contributed by atoms with van der Waals surface area (Å²) in [5, 5.41) is 11.3. The molecule has 11 heteroatoms. The number of aliphatic imine (C=N–C) groups is 1. The Balaban J connectivity index is 1.60. The molecule has 0 radical (unpaired) electrons. The smallest absolute Gasteiger partial charge is 0.363 e. The van der Waals surface area contributed by atoms with Crippen molar-refractivity contribution in [2.75, 3.05) is 7.11 Å². The normalized spacial score (nSPS) is 13.9. The summed E-state index contributed by atoms with van der Waals surface area (Å²) in [6.07, 6.45) is 1.42. The van der Waals surface area contributed by atoms with Crippen molar-refractivity contribution in [2.45, 2.75) is 0 Å².